The lowest BCUT2D eigenvalue weighted by molar-refractivity contribution is -0.103. The molecule has 8 atom stereocenters. The molecule has 3 saturated carbocycles. The van der Waals surface area contributed by atoms with Gasteiger partial charge in [-0.3, -0.25) is 0 Å². The average Bonchev–Trinajstić information content (AvgIpc) is 3.38. The molecule has 1 aromatic heterocycles. The second-order valence-electron chi connectivity index (χ2n) is 14.6. The van der Waals surface area contributed by atoms with E-state index in [0.29, 0.717) is 10.8 Å². The highest BCUT2D eigenvalue weighted by molar-refractivity contribution is 5.86. The second kappa shape index (κ2) is 9.09. The van der Waals surface area contributed by atoms with Gasteiger partial charge in [0.05, 0.1) is 7.11 Å². The lowest BCUT2D eigenvalue weighted by Gasteiger charge is -2.60. The summed E-state index contributed by atoms with van der Waals surface area (Å²) in [6, 6.07) is 6.61. The van der Waals surface area contributed by atoms with Gasteiger partial charge in [-0.25, -0.2) is 0 Å². The number of benzene rings is 1. The molecule has 0 amide bonds. The van der Waals surface area contributed by atoms with Gasteiger partial charge in [0.1, 0.15) is 5.75 Å². The first kappa shape index (κ1) is 24.9. The van der Waals surface area contributed by atoms with Gasteiger partial charge in [-0.2, -0.15) is 0 Å². The Labute approximate surface area is 220 Å². The number of nitrogens with one attached hydrogen (secondary N) is 1. The summed E-state index contributed by atoms with van der Waals surface area (Å²) in [4.78, 5) is 3.87. The fourth-order valence-electron chi connectivity index (χ4n) is 10.6. The highest BCUT2D eigenvalue weighted by Gasteiger charge is 2.60. The van der Waals surface area contributed by atoms with Crippen LogP contribution in [-0.2, 0) is 12.8 Å². The number of aromatic amines is 1. The van der Waals surface area contributed by atoms with E-state index >= 15 is 0 Å². The number of methoxy groups -OCH3 is 1. The zero-order valence-corrected chi connectivity index (χ0v) is 24.0. The smallest absolute Gasteiger partial charge is 0.119 e. The minimum Gasteiger partial charge on any atom is -0.497 e. The van der Waals surface area contributed by atoms with Crippen molar-refractivity contribution in [2.45, 2.75) is 105 Å². The van der Waals surface area contributed by atoms with Crippen LogP contribution in [0, 0.1) is 52.3 Å². The summed E-state index contributed by atoms with van der Waals surface area (Å²) >= 11 is 0. The molecule has 4 aliphatic rings. The molecule has 198 valence electrons. The molecule has 0 bridgehead atoms. The number of aromatic nitrogens is 1. The van der Waals surface area contributed by atoms with E-state index < -0.39 is 0 Å². The summed E-state index contributed by atoms with van der Waals surface area (Å²) in [7, 11) is 1.79. The van der Waals surface area contributed by atoms with Crippen LogP contribution in [0.3, 0.4) is 0 Å². The molecule has 0 saturated heterocycles. The van der Waals surface area contributed by atoms with Crippen molar-refractivity contribution >= 4 is 10.9 Å². The second-order valence-corrected chi connectivity index (χ2v) is 14.6. The highest BCUT2D eigenvalue weighted by atomic mass is 16.5. The molecular formula is C34H51NO. The standard InChI is InChI=1S/C34H51NO/c1-21(2)8-7-9-22(3)28-13-14-29-25-12-10-23-18-26-27-19-24(36-6)11-15-31(27)35-32(26)20-34(23,5)30(25)16-17-33(28,29)4/h11,15,19,21-23,25,28-30,35H,7-10,12-14,16-18,20H2,1-6H3. The van der Waals surface area contributed by atoms with Crippen LogP contribution in [0.25, 0.3) is 10.9 Å². The van der Waals surface area contributed by atoms with Gasteiger partial charge in [-0.15, -0.1) is 0 Å². The van der Waals surface area contributed by atoms with E-state index in [9.17, 15) is 0 Å². The minimum atomic E-state index is 0.461. The van der Waals surface area contributed by atoms with Crippen LogP contribution in [0.2, 0.25) is 0 Å². The zero-order chi connectivity index (χ0) is 25.2. The number of rotatable bonds is 6. The SMILES string of the molecule is COc1ccc2[nH]c3c(c2c1)CC1CCC2C(CCC4(C)C(C(C)CCCC(C)C)CCC24)C1(C)C3. The molecule has 4 aliphatic carbocycles. The molecular weight excluding hydrogens is 438 g/mol. The van der Waals surface area contributed by atoms with Crippen LogP contribution in [0.4, 0.5) is 0 Å². The van der Waals surface area contributed by atoms with Crippen molar-refractivity contribution in [3.8, 4) is 5.75 Å². The fourth-order valence-corrected chi connectivity index (χ4v) is 10.6. The van der Waals surface area contributed by atoms with Gasteiger partial charge in [0.15, 0.2) is 0 Å². The van der Waals surface area contributed by atoms with Gasteiger partial charge < -0.3 is 9.72 Å². The van der Waals surface area contributed by atoms with Crippen molar-refractivity contribution in [2.24, 2.45) is 52.3 Å². The summed E-state index contributed by atoms with van der Waals surface area (Å²) in [5.41, 5.74) is 5.50. The van der Waals surface area contributed by atoms with E-state index in [1.807, 2.05) is 0 Å². The van der Waals surface area contributed by atoms with Gasteiger partial charge in [0.25, 0.3) is 0 Å². The van der Waals surface area contributed by atoms with Crippen LogP contribution in [0.1, 0.15) is 104 Å². The molecule has 36 heavy (non-hydrogen) atoms. The van der Waals surface area contributed by atoms with Gasteiger partial charge in [0, 0.05) is 16.6 Å². The van der Waals surface area contributed by atoms with Gasteiger partial charge in [-0.05, 0) is 127 Å². The molecule has 1 aromatic carbocycles. The molecule has 0 spiro atoms. The maximum absolute atomic E-state index is 5.57. The summed E-state index contributed by atoms with van der Waals surface area (Å²) < 4.78 is 5.57. The summed E-state index contributed by atoms with van der Waals surface area (Å²) in [5.74, 6) is 7.40. The van der Waals surface area contributed by atoms with Crippen molar-refractivity contribution in [3.05, 3.63) is 29.5 Å². The number of fused-ring (bicyclic) bond motifs is 8. The van der Waals surface area contributed by atoms with Gasteiger partial charge in [-0.1, -0.05) is 53.9 Å². The van der Waals surface area contributed by atoms with E-state index in [-0.39, 0.29) is 0 Å². The normalized spacial score (nSPS) is 38.4. The van der Waals surface area contributed by atoms with E-state index in [4.69, 9.17) is 4.74 Å². The molecule has 3 fully saturated rings. The Hall–Kier alpha value is -1.44. The van der Waals surface area contributed by atoms with Gasteiger partial charge >= 0.3 is 0 Å². The predicted octanol–water partition coefficient (Wildman–Crippen LogP) is 9.21. The first-order valence-electron chi connectivity index (χ1n) is 15.4. The number of ether oxygens (including phenoxy) is 1. The van der Waals surface area contributed by atoms with Crippen LogP contribution < -0.4 is 4.74 Å². The lowest BCUT2D eigenvalue weighted by atomic mass is 9.44. The van der Waals surface area contributed by atoms with Crippen LogP contribution in [-0.4, -0.2) is 12.1 Å². The molecule has 2 nitrogen and oxygen atoms in total. The van der Waals surface area contributed by atoms with Crippen molar-refractivity contribution in [1.82, 2.24) is 4.98 Å². The predicted molar refractivity (Wildman–Crippen MR) is 151 cm³/mol. The highest BCUT2D eigenvalue weighted by Crippen LogP contribution is 2.68. The minimum absolute atomic E-state index is 0.461. The Kier molecular flexibility index (Phi) is 6.28. The number of H-pyrrole nitrogens is 1. The zero-order valence-electron chi connectivity index (χ0n) is 24.0. The number of hydrogen-bond donors (Lipinski definition) is 1. The van der Waals surface area contributed by atoms with E-state index in [1.54, 1.807) is 12.7 Å². The summed E-state index contributed by atoms with van der Waals surface area (Å²) in [5, 5.41) is 1.41. The molecule has 2 aromatic rings. The third-order valence-corrected chi connectivity index (χ3v) is 12.5. The molecule has 8 unspecified atom stereocenters. The third-order valence-electron chi connectivity index (χ3n) is 12.5. The van der Waals surface area contributed by atoms with E-state index in [1.165, 1.54) is 87.2 Å². The van der Waals surface area contributed by atoms with Crippen molar-refractivity contribution in [2.75, 3.05) is 7.11 Å². The summed E-state index contributed by atoms with van der Waals surface area (Å²) in [6.45, 7) is 12.8. The third kappa shape index (κ3) is 3.79. The Morgan fingerprint density at radius 1 is 0.972 bits per heavy atom. The topological polar surface area (TPSA) is 25.0 Å². The Morgan fingerprint density at radius 3 is 2.56 bits per heavy atom. The average molecular weight is 490 g/mol. The first-order valence-corrected chi connectivity index (χ1v) is 15.4. The molecule has 1 N–H and O–H groups in total. The number of hydrogen-bond acceptors (Lipinski definition) is 1. The van der Waals surface area contributed by atoms with Crippen molar-refractivity contribution in [1.29, 1.82) is 0 Å². The molecule has 0 aliphatic heterocycles. The van der Waals surface area contributed by atoms with Crippen molar-refractivity contribution < 1.29 is 4.74 Å². The van der Waals surface area contributed by atoms with Gasteiger partial charge in [0.2, 0.25) is 0 Å². The Bertz CT molecular complexity index is 1100. The molecule has 1 heterocycles. The first-order chi connectivity index (χ1) is 17.2. The van der Waals surface area contributed by atoms with E-state index in [0.717, 1.165) is 47.2 Å². The van der Waals surface area contributed by atoms with Crippen LogP contribution in [0.15, 0.2) is 18.2 Å². The Balaban J connectivity index is 1.23. The molecule has 0 radical (unpaired) electrons. The molecule has 6 rings (SSSR count). The maximum Gasteiger partial charge on any atom is 0.119 e. The monoisotopic (exact) mass is 489 g/mol. The quantitative estimate of drug-likeness (QED) is 0.430. The van der Waals surface area contributed by atoms with Crippen LogP contribution in [0.5, 0.6) is 5.75 Å². The molecule has 2 heteroatoms. The Morgan fingerprint density at radius 2 is 1.78 bits per heavy atom. The van der Waals surface area contributed by atoms with Crippen LogP contribution >= 0.6 is 0 Å². The summed E-state index contributed by atoms with van der Waals surface area (Å²) in [6.07, 6.45) is 15.7. The fraction of sp³-hybridized carbons (Fsp3) is 0.765. The van der Waals surface area contributed by atoms with Crippen molar-refractivity contribution in [3.63, 3.8) is 0 Å². The maximum atomic E-state index is 5.57. The largest absolute Gasteiger partial charge is 0.497 e. The van der Waals surface area contributed by atoms with E-state index in [2.05, 4.69) is 57.8 Å². The lowest BCUT2D eigenvalue weighted by Crippen LogP contribution is -2.54.